The molecule has 1 aromatic carbocycles. The highest BCUT2D eigenvalue weighted by molar-refractivity contribution is 5.90. The Balaban J connectivity index is 2.48. The van der Waals surface area contributed by atoms with Crippen LogP contribution in [-0.2, 0) is 28.7 Å². The van der Waals surface area contributed by atoms with Crippen LogP contribution < -0.4 is 11.2 Å². The first-order valence-electron chi connectivity index (χ1n) is 15.6. The van der Waals surface area contributed by atoms with Gasteiger partial charge in [-0.25, -0.2) is 20.3 Å². The second-order valence-corrected chi connectivity index (χ2v) is 13.0. The smallest absolute Gasteiger partial charge is 0.268 e. The number of rotatable bonds is 15. The van der Waals surface area contributed by atoms with E-state index in [1.54, 1.807) is 0 Å². The molecule has 0 spiro atoms. The number of carbonyl (C=O) groups excluding carboxylic acids is 3. The molecule has 1 heterocycles. The van der Waals surface area contributed by atoms with E-state index in [2.05, 4.69) is 5.48 Å². The molecule has 3 atom stereocenters. The molecule has 1 fully saturated rings. The fourth-order valence-electron chi connectivity index (χ4n) is 4.45. The Morgan fingerprint density at radius 3 is 2.37 bits per heavy atom. The maximum atomic E-state index is 14.0. The number of nitrogens with two attached hydrogens (primary N) is 1. The lowest BCUT2D eigenvalue weighted by Crippen LogP contribution is -2.63. The summed E-state index contributed by atoms with van der Waals surface area (Å²) in [6, 6.07) is 7.56. The molecule has 3 N–H and O–H groups in total. The van der Waals surface area contributed by atoms with Gasteiger partial charge in [0, 0.05) is 26.0 Å². The van der Waals surface area contributed by atoms with Gasteiger partial charge in [0.1, 0.15) is 12.1 Å². The van der Waals surface area contributed by atoms with Gasteiger partial charge in [-0.2, -0.15) is 0 Å². The lowest BCUT2D eigenvalue weighted by atomic mass is 10.1. The summed E-state index contributed by atoms with van der Waals surface area (Å²) < 4.78 is 11.4. The van der Waals surface area contributed by atoms with Crippen molar-refractivity contribution in [3.63, 3.8) is 0 Å². The predicted octanol–water partition coefficient (Wildman–Crippen LogP) is 4.84. The fraction of sp³-hybridized carbons (Fsp3) is 0.667. The molecule has 1 saturated heterocycles. The lowest BCUT2D eigenvalue weighted by molar-refractivity contribution is -0.206. The predicted molar refractivity (Wildman–Crippen MR) is 168 cm³/mol. The number of hydrazine groups is 1. The van der Waals surface area contributed by atoms with E-state index in [0.717, 1.165) is 18.4 Å². The first-order valence-corrected chi connectivity index (χ1v) is 15.6. The van der Waals surface area contributed by atoms with Crippen molar-refractivity contribution in [3.05, 3.63) is 42.0 Å². The molecule has 10 nitrogen and oxygen atoms in total. The molecule has 242 valence electrons. The Morgan fingerprint density at radius 1 is 1.09 bits per heavy atom. The molecule has 0 saturated carbocycles. The zero-order chi connectivity index (χ0) is 32.0. The Labute approximate surface area is 258 Å². The maximum absolute atomic E-state index is 14.0. The number of hydrogen-bond donors (Lipinski definition) is 2. The van der Waals surface area contributed by atoms with Gasteiger partial charge in [-0.3, -0.25) is 14.4 Å². The number of benzene rings is 1. The summed E-state index contributed by atoms with van der Waals surface area (Å²) in [7, 11) is 0. The first kappa shape index (κ1) is 36.4. The van der Waals surface area contributed by atoms with Crippen LogP contribution in [0.4, 0.5) is 0 Å². The van der Waals surface area contributed by atoms with Gasteiger partial charge < -0.3 is 15.2 Å². The van der Waals surface area contributed by atoms with Crippen molar-refractivity contribution < 1.29 is 28.7 Å². The molecule has 0 bridgehead atoms. The van der Waals surface area contributed by atoms with Gasteiger partial charge in [-0.15, -0.1) is 0 Å². The first-order chi connectivity index (χ1) is 20.3. The van der Waals surface area contributed by atoms with Crippen LogP contribution in [0.25, 0.3) is 6.08 Å². The van der Waals surface area contributed by atoms with Crippen molar-refractivity contribution in [1.29, 1.82) is 0 Å². The van der Waals surface area contributed by atoms with Gasteiger partial charge in [-0.1, -0.05) is 70.2 Å². The Hall–Kier alpha value is -2.79. The van der Waals surface area contributed by atoms with Crippen molar-refractivity contribution in [2.45, 2.75) is 111 Å². The molecule has 2 rings (SSSR count). The molecular formula is C33H54N4O6. The average Bonchev–Trinajstić information content (AvgIpc) is 2.96. The summed E-state index contributed by atoms with van der Waals surface area (Å²) in [5, 5.41) is 2.65. The van der Waals surface area contributed by atoms with Crippen LogP contribution in [0.2, 0.25) is 0 Å². The topological polar surface area (TPSA) is 123 Å². The van der Waals surface area contributed by atoms with Crippen molar-refractivity contribution in [1.82, 2.24) is 15.5 Å². The van der Waals surface area contributed by atoms with Crippen molar-refractivity contribution in [2.75, 3.05) is 19.8 Å². The fourth-order valence-corrected chi connectivity index (χ4v) is 4.45. The van der Waals surface area contributed by atoms with Crippen LogP contribution in [0.1, 0.15) is 92.6 Å². The highest BCUT2D eigenvalue weighted by atomic mass is 16.8. The van der Waals surface area contributed by atoms with Crippen molar-refractivity contribution >= 4 is 23.8 Å². The second kappa shape index (κ2) is 18.1. The normalized spacial score (nSPS) is 17.2. The van der Waals surface area contributed by atoms with E-state index in [4.69, 9.17) is 20.0 Å². The van der Waals surface area contributed by atoms with Gasteiger partial charge in [0.2, 0.25) is 5.91 Å². The monoisotopic (exact) mass is 602 g/mol. The van der Waals surface area contributed by atoms with Crippen LogP contribution >= 0.6 is 0 Å². The number of nitrogens with one attached hydrogen (secondary N) is 1. The molecule has 1 aliphatic heterocycles. The van der Waals surface area contributed by atoms with E-state index in [0.29, 0.717) is 19.4 Å². The SMILES string of the molecule is CC(C)CCC(=O)N([C@@H](CC=Cc1ccccc1)C(=O)NOC1CCCCO1)N(CC(C)C)C(=O)[C@H](N)COC(C)(C)C. The van der Waals surface area contributed by atoms with E-state index in [-0.39, 0.29) is 43.7 Å². The third kappa shape index (κ3) is 13.6. The van der Waals surface area contributed by atoms with Crippen LogP contribution in [0.5, 0.6) is 0 Å². The minimum atomic E-state index is -1.08. The molecule has 1 aliphatic rings. The number of amides is 3. The molecule has 0 aliphatic carbocycles. The lowest BCUT2D eigenvalue weighted by Gasteiger charge is -2.41. The van der Waals surface area contributed by atoms with Crippen LogP contribution in [-0.4, -0.2) is 71.5 Å². The molecule has 0 aromatic heterocycles. The van der Waals surface area contributed by atoms with E-state index in [1.165, 1.54) is 10.0 Å². The minimum absolute atomic E-state index is 0.0180. The van der Waals surface area contributed by atoms with Crippen molar-refractivity contribution in [3.8, 4) is 0 Å². The zero-order valence-electron chi connectivity index (χ0n) is 27.2. The molecule has 43 heavy (non-hydrogen) atoms. The molecule has 1 unspecified atom stereocenters. The van der Waals surface area contributed by atoms with Gasteiger partial charge >= 0.3 is 0 Å². The van der Waals surface area contributed by atoms with E-state index in [1.807, 2.05) is 91.0 Å². The van der Waals surface area contributed by atoms with E-state index >= 15 is 0 Å². The largest absolute Gasteiger partial charge is 0.374 e. The molecular weight excluding hydrogens is 548 g/mol. The summed E-state index contributed by atoms with van der Waals surface area (Å²) in [6.45, 7) is 14.3. The van der Waals surface area contributed by atoms with E-state index < -0.39 is 35.8 Å². The molecule has 3 amide bonds. The summed E-state index contributed by atoms with van der Waals surface area (Å²) >= 11 is 0. The zero-order valence-corrected chi connectivity index (χ0v) is 27.2. The summed E-state index contributed by atoms with van der Waals surface area (Å²) in [4.78, 5) is 47.4. The maximum Gasteiger partial charge on any atom is 0.268 e. The van der Waals surface area contributed by atoms with E-state index in [9.17, 15) is 14.4 Å². The Kier molecular flexibility index (Phi) is 15.3. The molecule has 0 radical (unpaired) electrons. The number of carbonyl (C=O) groups is 3. The Bertz CT molecular complexity index is 1020. The number of nitrogens with zero attached hydrogens (tertiary/aromatic N) is 2. The standard InChI is InChI=1S/C33H54N4O6/c1-24(2)19-20-29(38)37(36(22-25(3)4)32(40)27(34)23-42-33(5,6)7)28(17-13-16-26-14-9-8-10-15-26)31(39)35-43-30-18-11-12-21-41-30/h8-10,13-16,24-25,27-28,30H,11-12,17-23,34H2,1-7H3,(H,35,39)/t27-,28+,30?/m1/s1. The average molecular weight is 603 g/mol. The second-order valence-electron chi connectivity index (χ2n) is 13.0. The third-order valence-corrected chi connectivity index (χ3v) is 6.75. The highest BCUT2D eigenvalue weighted by Crippen LogP contribution is 2.20. The number of hydroxylamine groups is 1. The van der Waals surface area contributed by atoms with Crippen LogP contribution in [0, 0.1) is 11.8 Å². The third-order valence-electron chi connectivity index (χ3n) is 6.75. The van der Waals surface area contributed by atoms with Gasteiger partial charge in [0.15, 0.2) is 6.29 Å². The van der Waals surface area contributed by atoms with Gasteiger partial charge in [-0.05, 0) is 63.9 Å². The number of ether oxygens (including phenoxy) is 2. The van der Waals surface area contributed by atoms with Crippen LogP contribution in [0.3, 0.4) is 0 Å². The summed E-state index contributed by atoms with van der Waals surface area (Å²) in [6.07, 6.45) is 6.55. The molecule has 1 aromatic rings. The van der Waals surface area contributed by atoms with Crippen LogP contribution in [0.15, 0.2) is 36.4 Å². The van der Waals surface area contributed by atoms with Gasteiger partial charge in [0.05, 0.1) is 12.2 Å². The highest BCUT2D eigenvalue weighted by Gasteiger charge is 2.38. The van der Waals surface area contributed by atoms with Gasteiger partial charge in [0.25, 0.3) is 11.8 Å². The quantitative estimate of drug-likeness (QED) is 0.275. The summed E-state index contributed by atoms with van der Waals surface area (Å²) in [5.41, 5.74) is 9.34. The number of hydrogen-bond acceptors (Lipinski definition) is 7. The molecule has 10 heteroatoms. The Morgan fingerprint density at radius 2 is 1.79 bits per heavy atom. The minimum Gasteiger partial charge on any atom is -0.374 e. The summed E-state index contributed by atoms with van der Waals surface area (Å²) in [5.74, 6) is -1.15. The van der Waals surface area contributed by atoms with Crippen molar-refractivity contribution in [2.24, 2.45) is 17.6 Å².